The number of nitrogens with zero attached hydrogens (tertiary/aromatic N) is 4. The van der Waals surface area contributed by atoms with Crippen LogP contribution in [0.4, 0.5) is 14.6 Å². The molecule has 0 saturated heterocycles. The van der Waals surface area contributed by atoms with Crippen LogP contribution >= 0.6 is 0 Å². The molecule has 0 saturated carbocycles. The predicted molar refractivity (Wildman–Crippen MR) is 75.9 cm³/mol. The zero-order valence-corrected chi connectivity index (χ0v) is 11.8. The zero-order chi connectivity index (χ0) is 15.5. The SMILES string of the molecule is Cc1nnc2ccc(NCCOc3ccc(F)cc3F)nn12. The Labute approximate surface area is 124 Å². The molecule has 2 heterocycles. The van der Waals surface area contributed by atoms with E-state index in [4.69, 9.17) is 4.74 Å². The van der Waals surface area contributed by atoms with Crippen molar-refractivity contribution in [1.29, 1.82) is 0 Å². The van der Waals surface area contributed by atoms with Crippen LogP contribution in [0.1, 0.15) is 5.82 Å². The molecule has 1 N–H and O–H groups in total. The molecule has 0 spiro atoms. The van der Waals surface area contributed by atoms with Gasteiger partial charge in [-0.3, -0.25) is 0 Å². The van der Waals surface area contributed by atoms with Crippen molar-refractivity contribution in [3.05, 3.63) is 47.8 Å². The summed E-state index contributed by atoms with van der Waals surface area (Å²) < 4.78 is 33.0. The monoisotopic (exact) mass is 305 g/mol. The minimum Gasteiger partial charge on any atom is -0.489 e. The highest BCUT2D eigenvalue weighted by Crippen LogP contribution is 2.17. The molecular formula is C14H13F2N5O. The Morgan fingerprint density at radius 2 is 2.05 bits per heavy atom. The predicted octanol–water partition coefficient (Wildman–Crippen LogP) is 2.20. The van der Waals surface area contributed by atoms with Gasteiger partial charge in [0.25, 0.3) is 0 Å². The molecule has 6 nitrogen and oxygen atoms in total. The lowest BCUT2D eigenvalue weighted by Gasteiger charge is -2.09. The van der Waals surface area contributed by atoms with Crippen molar-refractivity contribution < 1.29 is 13.5 Å². The number of fused-ring (bicyclic) bond motifs is 1. The lowest BCUT2D eigenvalue weighted by atomic mass is 10.3. The van der Waals surface area contributed by atoms with E-state index in [-0.39, 0.29) is 12.4 Å². The summed E-state index contributed by atoms with van der Waals surface area (Å²) in [4.78, 5) is 0. The second-order valence-corrected chi connectivity index (χ2v) is 4.59. The van der Waals surface area contributed by atoms with Crippen LogP contribution in [0.3, 0.4) is 0 Å². The Balaban J connectivity index is 1.56. The third kappa shape index (κ3) is 2.95. The number of ether oxygens (including phenoxy) is 1. The Bertz CT molecular complexity index is 805. The summed E-state index contributed by atoms with van der Waals surface area (Å²) >= 11 is 0. The fraction of sp³-hybridized carbons (Fsp3) is 0.214. The van der Waals surface area contributed by atoms with Gasteiger partial charge in [0.05, 0.1) is 6.54 Å². The van der Waals surface area contributed by atoms with E-state index in [0.29, 0.717) is 23.8 Å². The maximum Gasteiger partial charge on any atom is 0.178 e. The van der Waals surface area contributed by atoms with Gasteiger partial charge in [0.15, 0.2) is 23.0 Å². The molecule has 2 aromatic heterocycles. The Morgan fingerprint density at radius 3 is 2.86 bits per heavy atom. The highest BCUT2D eigenvalue weighted by molar-refractivity contribution is 5.43. The van der Waals surface area contributed by atoms with Crippen molar-refractivity contribution >= 4 is 11.5 Å². The number of rotatable bonds is 5. The molecule has 0 unspecified atom stereocenters. The Kier molecular flexibility index (Phi) is 3.82. The van der Waals surface area contributed by atoms with Crippen LogP contribution in [-0.4, -0.2) is 33.0 Å². The summed E-state index contributed by atoms with van der Waals surface area (Å²) in [5.41, 5.74) is 0.660. The average molecular weight is 305 g/mol. The molecule has 0 radical (unpaired) electrons. The largest absolute Gasteiger partial charge is 0.489 e. The van der Waals surface area contributed by atoms with Gasteiger partial charge in [-0.25, -0.2) is 8.78 Å². The number of nitrogens with one attached hydrogen (secondary N) is 1. The Morgan fingerprint density at radius 1 is 1.18 bits per heavy atom. The first-order valence-corrected chi connectivity index (χ1v) is 6.64. The van der Waals surface area contributed by atoms with Crippen LogP contribution in [0, 0.1) is 18.6 Å². The van der Waals surface area contributed by atoms with Gasteiger partial charge in [0.1, 0.15) is 18.2 Å². The van der Waals surface area contributed by atoms with E-state index in [1.54, 1.807) is 23.6 Å². The average Bonchev–Trinajstić information content (AvgIpc) is 2.87. The molecule has 1 aromatic carbocycles. The number of hydrogen-bond acceptors (Lipinski definition) is 5. The summed E-state index contributed by atoms with van der Waals surface area (Å²) in [6.45, 7) is 2.43. The maximum absolute atomic E-state index is 13.4. The lowest BCUT2D eigenvalue weighted by Crippen LogP contribution is -2.13. The third-order valence-corrected chi connectivity index (χ3v) is 2.98. The molecule has 0 fully saturated rings. The van der Waals surface area contributed by atoms with Crippen molar-refractivity contribution in [2.24, 2.45) is 0 Å². The summed E-state index contributed by atoms with van der Waals surface area (Å²) in [7, 11) is 0. The van der Waals surface area contributed by atoms with Crippen molar-refractivity contribution in [1.82, 2.24) is 19.8 Å². The fourth-order valence-corrected chi connectivity index (χ4v) is 1.92. The van der Waals surface area contributed by atoms with Gasteiger partial charge in [0, 0.05) is 6.07 Å². The van der Waals surface area contributed by atoms with Crippen molar-refractivity contribution in [3.8, 4) is 5.75 Å². The number of hydrogen-bond donors (Lipinski definition) is 1. The molecule has 0 aliphatic rings. The normalized spacial score (nSPS) is 10.9. The molecular weight excluding hydrogens is 292 g/mol. The van der Waals surface area contributed by atoms with Gasteiger partial charge < -0.3 is 10.1 Å². The topological polar surface area (TPSA) is 64.3 Å². The fourth-order valence-electron chi connectivity index (χ4n) is 1.92. The van der Waals surface area contributed by atoms with Gasteiger partial charge in [0.2, 0.25) is 0 Å². The molecule has 8 heteroatoms. The number of halogens is 2. The van der Waals surface area contributed by atoms with Gasteiger partial charge in [-0.15, -0.1) is 15.3 Å². The van der Waals surface area contributed by atoms with Crippen LogP contribution in [0.25, 0.3) is 5.65 Å². The van der Waals surface area contributed by atoms with E-state index in [1.807, 2.05) is 0 Å². The van der Waals surface area contributed by atoms with Crippen molar-refractivity contribution in [2.45, 2.75) is 6.92 Å². The van der Waals surface area contributed by atoms with Crippen LogP contribution in [-0.2, 0) is 0 Å². The van der Waals surface area contributed by atoms with E-state index >= 15 is 0 Å². The molecule has 0 bridgehead atoms. The van der Waals surface area contributed by atoms with E-state index in [2.05, 4.69) is 20.6 Å². The van der Waals surface area contributed by atoms with Crippen molar-refractivity contribution in [2.75, 3.05) is 18.5 Å². The summed E-state index contributed by atoms with van der Waals surface area (Å²) in [5.74, 6) is -0.0347. The van der Waals surface area contributed by atoms with Gasteiger partial charge in [-0.2, -0.15) is 4.52 Å². The quantitative estimate of drug-likeness (QED) is 0.732. The van der Waals surface area contributed by atoms with Crippen molar-refractivity contribution in [3.63, 3.8) is 0 Å². The van der Waals surface area contributed by atoms with E-state index in [0.717, 1.165) is 12.1 Å². The number of benzene rings is 1. The Hall–Kier alpha value is -2.77. The molecule has 114 valence electrons. The molecule has 0 atom stereocenters. The second kappa shape index (κ2) is 5.92. The standard InChI is InChI=1S/C14H13F2N5O/c1-9-18-19-14-5-4-13(20-21(9)14)17-6-7-22-12-3-2-10(15)8-11(12)16/h2-5,8H,6-7H2,1H3,(H,17,20). The lowest BCUT2D eigenvalue weighted by molar-refractivity contribution is 0.314. The van der Waals surface area contributed by atoms with E-state index in [9.17, 15) is 8.78 Å². The minimum absolute atomic E-state index is 0.0151. The van der Waals surface area contributed by atoms with E-state index in [1.165, 1.54) is 6.07 Å². The van der Waals surface area contributed by atoms with Gasteiger partial charge in [-0.05, 0) is 31.2 Å². The van der Waals surface area contributed by atoms with Crippen LogP contribution < -0.4 is 10.1 Å². The summed E-state index contributed by atoms with van der Waals surface area (Å²) in [6, 6.07) is 6.75. The molecule has 0 amide bonds. The van der Waals surface area contributed by atoms with Crippen LogP contribution in [0.2, 0.25) is 0 Å². The molecule has 22 heavy (non-hydrogen) atoms. The van der Waals surface area contributed by atoms with E-state index < -0.39 is 11.6 Å². The highest BCUT2D eigenvalue weighted by atomic mass is 19.1. The molecule has 3 aromatic rings. The molecule has 0 aliphatic carbocycles. The maximum atomic E-state index is 13.4. The third-order valence-electron chi connectivity index (χ3n) is 2.98. The smallest absolute Gasteiger partial charge is 0.178 e. The molecule has 3 rings (SSSR count). The number of aromatic nitrogens is 4. The first-order valence-electron chi connectivity index (χ1n) is 6.64. The summed E-state index contributed by atoms with van der Waals surface area (Å²) in [5, 5.41) is 15.2. The molecule has 0 aliphatic heterocycles. The highest BCUT2D eigenvalue weighted by Gasteiger charge is 2.05. The number of aryl methyl sites for hydroxylation is 1. The minimum atomic E-state index is -0.723. The first kappa shape index (κ1) is 14.2. The second-order valence-electron chi connectivity index (χ2n) is 4.59. The summed E-state index contributed by atoms with van der Waals surface area (Å²) in [6.07, 6.45) is 0. The zero-order valence-electron chi connectivity index (χ0n) is 11.8. The first-order chi connectivity index (χ1) is 10.6. The van der Waals surface area contributed by atoms with Crippen LogP contribution in [0.15, 0.2) is 30.3 Å². The van der Waals surface area contributed by atoms with Crippen LogP contribution in [0.5, 0.6) is 5.75 Å². The van der Waals surface area contributed by atoms with Gasteiger partial charge in [-0.1, -0.05) is 0 Å². The number of anilines is 1. The van der Waals surface area contributed by atoms with Gasteiger partial charge >= 0.3 is 0 Å².